The maximum atomic E-state index is 13.4. The van der Waals surface area contributed by atoms with Gasteiger partial charge in [-0.1, -0.05) is 28.1 Å². The lowest BCUT2D eigenvalue weighted by atomic mass is 9.94. The van der Waals surface area contributed by atoms with Crippen LogP contribution in [0.4, 0.5) is 10.5 Å². The third-order valence-electron chi connectivity index (χ3n) is 5.07. The molecular weight excluding hydrogens is 506 g/mol. The molecule has 1 aliphatic rings. The van der Waals surface area contributed by atoms with Gasteiger partial charge < -0.3 is 30.2 Å². The minimum absolute atomic E-state index is 0.210. The summed E-state index contributed by atoms with van der Waals surface area (Å²) in [6, 6.07) is 8.74. The number of hydrogen-bond donors (Lipinski definition) is 3. The molecule has 1 heterocycles. The van der Waals surface area contributed by atoms with Gasteiger partial charge in [0.05, 0.1) is 43.2 Å². The van der Waals surface area contributed by atoms with Gasteiger partial charge in [-0.05, 0) is 50.6 Å². The van der Waals surface area contributed by atoms with E-state index < -0.39 is 23.9 Å². The molecule has 0 saturated carbocycles. The number of nitrogens with one attached hydrogen (secondary N) is 3. The predicted molar refractivity (Wildman–Crippen MR) is 130 cm³/mol. The normalized spacial score (nSPS) is 15.2. The molecule has 0 aliphatic carbocycles. The Labute approximate surface area is 206 Å². The summed E-state index contributed by atoms with van der Waals surface area (Å²) in [6.07, 6.45) is 0. The van der Waals surface area contributed by atoms with Gasteiger partial charge in [-0.2, -0.15) is 0 Å². The number of para-hydroxylation sites is 1. The van der Waals surface area contributed by atoms with Crippen LogP contribution in [0.2, 0.25) is 0 Å². The third kappa shape index (κ3) is 5.33. The summed E-state index contributed by atoms with van der Waals surface area (Å²) in [6.45, 7) is 6.21. The Morgan fingerprint density at radius 2 is 1.74 bits per heavy atom. The van der Waals surface area contributed by atoms with Crippen LogP contribution in [0, 0.1) is 0 Å². The fourth-order valence-corrected chi connectivity index (χ4v) is 4.16. The maximum absolute atomic E-state index is 13.4. The van der Waals surface area contributed by atoms with Crippen molar-refractivity contribution >= 4 is 39.5 Å². The van der Waals surface area contributed by atoms with Gasteiger partial charge in [-0.25, -0.2) is 9.59 Å². The maximum Gasteiger partial charge on any atom is 0.339 e. The number of methoxy groups -OCH3 is 1. The first-order valence-corrected chi connectivity index (χ1v) is 11.5. The number of rotatable bonds is 8. The molecule has 0 saturated heterocycles. The number of anilines is 1. The van der Waals surface area contributed by atoms with Gasteiger partial charge in [0.2, 0.25) is 0 Å². The molecule has 1 unspecified atom stereocenters. The number of carbonyl (C=O) groups is 3. The van der Waals surface area contributed by atoms with Crippen LogP contribution >= 0.6 is 15.9 Å². The highest BCUT2D eigenvalue weighted by molar-refractivity contribution is 9.10. The van der Waals surface area contributed by atoms with Crippen LogP contribution in [0.1, 0.15) is 42.7 Å². The Bertz CT molecular complexity index is 1150. The molecule has 0 aromatic heterocycles. The van der Waals surface area contributed by atoms with E-state index in [4.69, 9.17) is 14.2 Å². The van der Waals surface area contributed by atoms with Crippen molar-refractivity contribution in [2.45, 2.75) is 26.8 Å². The Balaban J connectivity index is 2.04. The zero-order chi connectivity index (χ0) is 24.8. The average Bonchev–Trinajstić information content (AvgIpc) is 2.80. The zero-order valence-corrected chi connectivity index (χ0v) is 20.9. The van der Waals surface area contributed by atoms with Gasteiger partial charge in [0.15, 0.2) is 11.5 Å². The summed E-state index contributed by atoms with van der Waals surface area (Å²) in [7, 11) is 1.27. The average molecular weight is 532 g/mol. The SMILES string of the molecule is CCOc1cc(Br)c(C2NC(=O)NC(C)=C2C(=O)Nc2ccccc2C(=O)OC)cc1OCC. The van der Waals surface area contributed by atoms with Crippen molar-refractivity contribution in [3.8, 4) is 11.5 Å². The number of esters is 1. The van der Waals surface area contributed by atoms with Crippen molar-refractivity contribution in [1.29, 1.82) is 0 Å². The van der Waals surface area contributed by atoms with Crippen molar-refractivity contribution in [3.63, 3.8) is 0 Å². The second kappa shape index (κ2) is 11.1. The van der Waals surface area contributed by atoms with E-state index in [1.165, 1.54) is 7.11 Å². The fourth-order valence-electron chi connectivity index (χ4n) is 3.61. The molecule has 3 N–H and O–H groups in total. The van der Waals surface area contributed by atoms with E-state index in [-0.39, 0.29) is 16.8 Å². The van der Waals surface area contributed by atoms with Gasteiger partial charge in [-0.15, -0.1) is 0 Å². The van der Waals surface area contributed by atoms with Gasteiger partial charge >= 0.3 is 12.0 Å². The number of hydrogen-bond acceptors (Lipinski definition) is 6. The molecule has 1 aliphatic heterocycles. The quantitative estimate of drug-likeness (QED) is 0.437. The molecule has 10 heteroatoms. The van der Waals surface area contributed by atoms with E-state index in [1.807, 2.05) is 13.8 Å². The first-order valence-electron chi connectivity index (χ1n) is 10.7. The van der Waals surface area contributed by atoms with Crippen molar-refractivity contribution in [3.05, 3.63) is 63.3 Å². The van der Waals surface area contributed by atoms with Crippen LogP contribution in [0.15, 0.2) is 52.1 Å². The summed E-state index contributed by atoms with van der Waals surface area (Å²) in [5.41, 5.74) is 1.75. The molecular formula is C24H26BrN3O6. The first-order chi connectivity index (χ1) is 16.3. The van der Waals surface area contributed by atoms with Gasteiger partial charge in [-0.3, -0.25) is 4.79 Å². The lowest BCUT2D eigenvalue weighted by molar-refractivity contribution is -0.113. The Kier molecular flexibility index (Phi) is 8.17. The molecule has 2 aromatic carbocycles. The molecule has 0 fully saturated rings. The highest BCUT2D eigenvalue weighted by Crippen LogP contribution is 2.40. The van der Waals surface area contributed by atoms with Gasteiger partial charge in [0.25, 0.3) is 5.91 Å². The second-order valence-corrected chi connectivity index (χ2v) is 8.10. The Morgan fingerprint density at radius 1 is 1.09 bits per heavy atom. The number of amides is 3. The van der Waals surface area contributed by atoms with Crippen molar-refractivity contribution < 1.29 is 28.6 Å². The molecule has 0 radical (unpaired) electrons. The highest BCUT2D eigenvalue weighted by atomic mass is 79.9. The van der Waals surface area contributed by atoms with E-state index in [9.17, 15) is 14.4 Å². The molecule has 9 nitrogen and oxygen atoms in total. The summed E-state index contributed by atoms with van der Waals surface area (Å²) < 4.78 is 16.8. The van der Waals surface area contributed by atoms with Crippen molar-refractivity contribution in [2.24, 2.45) is 0 Å². The molecule has 0 bridgehead atoms. The number of urea groups is 1. The summed E-state index contributed by atoms with van der Waals surface area (Å²) in [5.74, 6) is -0.0448. The Morgan fingerprint density at radius 3 is 2.38 bits per heavy atom. The topological polar surface area (TPSA) is 115 Å². The molecule has 3 amide bonds. The number of halogens is 1. The van der Waals surface area contributed by atoms with Crippen LogP contribution in [0.3, 0.4) is 0 Å². The Hall–Kier alpha value is -3.53. The van der Waals surface area contributed by atoms with Crippen molar-refractivity contribution in [1.82, 2.24) is 10.6 Å². The number of benzene rings is 2. The van der Waals surface area contributed by atoms with E-state index in [0.29, 0.717) is 40.4 Å². The molecule has 180 valence electrons. The first kappa shape index (κ1) is 25.1. The highest BCUT2D eigenvalue weighted by Gasteiger charge is 2.33. The minimum Gasteiger partial charge on any atom is -0.490 e. The van der Waals surface area contributed by atoms with Crippen LogP contribution in [0.5, 0.6) is 11.5 Å². The molecule has 1 atom stereocenters. The summed E-state index contributed by atoms with van der Waals surface area (Å²) in [4.78, 5) is 37.9. The monoisotopic (exact) mass is 531 g/mol. The van der Waals surface area contributed by atoms with Crippen molar-refractivity contribution in [2.75, 3.05) is 25.6 Å². The lowest BCUT2D eigenvalue weighted by Gasteiger charge is -2.30. The molecule has 2 aromatic rings. The smallest absolute Gasteiger partial charge is 0.339 e. The molecule has 3 rings (SSSR count). The van der Waals surface area contributed by atoms with Crippen LogP contribution in [-0.2, 0) is 9.53 Å². The zero-order valence-electron chi connectivity index (χ0n) is 19.3. The van der Waals surface area contributed by atoms with Crippen LogP contribution in [-0.4, -0.2) is 38.2 Å². The number of allylic oxidation sites excluding steroid dienone is 1. The van der Waals surface area contributed by atoms with E-state index in [2.05, 4.69) is 31.9 Å². The van der Waals surface area contributed by atoms with E-state index in [0.717, 1.165) is 0 Å². The number of carbonyl (C=O) groups excluding carboxylic acids is 3. The summed E-state index contributed by atoms with van der Waals surface area (Å²) >= 11 is 3.54. The van der Waals surface area contributed by atoms with E-state index >= 15 is 0 Å². The minimum atomic E-state index is -0.803. The van der Waals surface area contributed by atoms with E-state index in [1.54, 1.807) is 43.3 Å². The molecule has 34 heavy (non-hydrogen) atoms. The fraction of sp³-hybridized carbons (Fsp3) is 0.292. The third-order valence-corrected chi connectivity index (χ3v) is 5.75. The predicted octanol–water partition coefficient (Wildman–Crippen LogP) is 4.30. The lowest BCUT2D eigenvalue weighted by Crippen LogP contribution is -2.46. The van der Waals surface area contributed by atoms with Gasteiger partial charge in [0.1, 0.15) is 0 Å². The standard InChI is InChI=1S/C24H26BrN3O6/c1-5-33-18-11-15(16(25)12-19(18)34-6-2)21-20(13(3)26-24(31)28-21)22(29)27-17-10-8-7-9-14(17)23(30)32-4/h7-12,21H,5-6H2,1-4H3,(H,27,29)(H2,26,28,31). The van der Waals surface area contributed by atoms with Crippen LogP contribution < -0.4 is 25.4 Å². The summed E-state index contributed by atoms with van der Waals surface area (Å²) in [5, 5.41) is 8.22. The van der Waals surface area contributed by atoms with Crippen LogP contribution in [0.25, 0.3) is 0 Å². The molecule has 0 spiro atoms. The largest absolute Gasteiger partial charge is 0.490 e. The van der Waals surface area contributed by atoms with Gasteiger partial charge in [0, 0.05) is 10.2 Å². The number of ether oxygens (including phenoxy) is 3. The second-order valence-electron chi connectivity index (χ2n) is 7.25.